The van der Waals surface area contributed by atoms with Gasteiger partial charge < -0.3 is 14.1 Å². The highest BCUT2D eigenvalue weighted by atomic mass is 16.3. The Hall–Kier alpha value is -6.00. The van der Waals surface area contributed by atoms with E-state index in [-0.39, 0.29) is 44.8 Å². The second-order valence-electron chi connectivity index (χ2n) is 28.1. The lowest BCUT2D eigenvalue weighted by Crippen LogP contribution is -2.62. The summed E-state index contributed by atoms with van der Waals surface area (Å²) in [5, 5.41) is 2.37. The quantitative estimate of drug-likeness (QED) is 0.161. The molecule has 0 N–H and O–H groups in total. The zero-order valence-corrected chi connectivity index (χ0v) is 46.1. The van der Waals surface area contributed by atoms with Crippen LogP contribution in [0, 0.1) is 0 Å². The van der Waals surface area contributed by atoms with E-state index < -0.39 is 0 Å². The van der Waals surface area contributed by atoms with Crippen LogP contribution in [-0.2, 0) is 37.9 Å². The zero-order chi connectivity index (χ0) is 50.9. The molecule has 0 saturated carbocycles. The molecular weight excluding hydrogens is 884 g/mol. The molecule has 14 rings (SSSR count). The van der Waals surface area contributed by atoms with E-state index >= 15 is 0 Å². The molecule has 7 aromatic carbocycles. The van der Waals surface area contributed by atoms with Crippen LogP contribution in [0.4, 0.5) is 28.4 Å². The molecule has 4 heteroatoms. The van der Waals surface area contributed by atoms with Gasteiger partial charge in [0.05, 0.1) is 11.1 Å². The van der Waals surface area contributed by atoms with Crippen LogP contribution >= 0.6 is 0 Å². The number of para-hydroxylation sites is 1. The number of hydrogen-bond acceptors (Lipinski definition) is 3. The Balaban J connectivity index is 1.17. The van der Waals surface area contributed by atoms with Gasteiger partial charge in [0.25, 0.3) is 0 Å². The topological polar surface area (TPSA) is 19.6 Å². The van der Waals surface area contributed by atoms with Crippen LogP contribution in [-0.4, -0.2) is 6.85 Å². The van der Waals surface area contributed by atoms with Crippen molar-refractivity contribution in [3.8, 4) is 22.3 Å². The van der Waals surface area contributed by atoms with Crippen molar-refractivity contribution in [3.05, 3.63) is 160 Å². The van der Waals surface area contributed by atoms with E-state index in [1.165, 1.54) is 130 Å². The van der Waals surface area contributed by atoms with Crippen molar-refractivity contribution in [1.29, 1.82) is 0 Å². The van der Waals surface area contributed by atoms with Crippen LogP contribution in [0.5, 0.6) is 0 Å². The summed E-state index contributed by atoms with van der Waals surface area (Å²) in [5.74, 6) is 0. The Bertz CT molecular complexity index is 3760. The van der Waals surface area contributed by atoms with Crippen molar-refractivity contribution < 1.29 is 4.42 Å². The number of anilines is 5. The number of nitrogens with zero attached hydrogens (tertiary/aromatic N) is 2. The number of rotatable bonds is 2. The minimum Gasteiger partial charge on any atom is -0.456 e. The van der Waals surface area contributed by atoms with E-state index in [4.69, 9.17) is 4.42 Å². The Labute approximate surface area is 435 Å². The Morgan fingerprint density at radius 3 is 1.58 bits per heavy atom. The van der Waals surface area contributed by atoms with E-state index in [0.717, 1.165) is 36.8 Å². The number of fused-ring (bicyclic) bond motifs is 14. The van der Waals surface area contributed by atoms with Crippen molar-refractivity contribution in [3.63, 3.8) is 0 Å². The highest BCUT2D eigenvalue weighted by Crippen LogP contribution is 2.59. The zero-order valence-electron chi connectivity index (χ0n) is 46.1. The fraction of sp³-hybridized carbons (Fsp3) is 0.391. The summed E-state index contributed by atoms with van der Waals surface area (Å²) in [4.78, 5) is 5.56. The minimum absolute atomic E-state index is 0.00365. The van der Waals surface area contributed by atoms with Crippen molar-refractivity contribution in [1.82, 2.24) is 0 Å². The van der Waals surface area contributed by atoms with E-state index in [0.29, 0.717) is 0 Å². The first kappa shape index (κ1) is 45.6. The van der Waals surface area contributed by atoms with Crippen molar-refractivity contribution in [2.45, 2.75) is 173 Å². The van der Waals surface area contributed by atoms with Crippen molar-refractivity contribution >= 4 is 68.1 Å². The molecule has 0 saturated heterocycles. The van der Waals surface area contributed by atoms with Gasteiger partial charge in [-0.3, -0.25) is 0 Å². The SMILES string of the molecule is CC1(C)CCC(C)(C)c2cc(N3B4c5cc6c(cc5N(c5ccc7c(c5)C(C)(C)CCC7(C)C)c5c4c(cc4oc7ccccc7c54)-c4cc5c(cc43)-c3ccccc3C5(C)C)C(C)(C)CCC6(C)C)ccc21. The molecule has 0 spiro atoms. The average molecular weight is 957 g/mol. The summed E-state index contributed by atoms with van der Waals surface area (Å²) in [6.45, 7) is 34.5. The van der Waals surface area contributed by atoms with E-state index in [2.05, 4.69) is 222 Å². The van der Waals surface area contributed by atoms with Crippen molar-refractivity contribution in [2.24, 2.45) is 0 Å². The molecule has 6 aliphatic rings. The van der Waals surface area contributed by atoms with Gasteiger partial charge >= 0.3 is 6.85 Å². The third kappa shape index (κ3) is 6.07. The summed E-state index contributed by atoms with van der Waals surface area (Å²) in [6, 6.07) is 46.3. The standard InChI is InChI=1S/C69H73BN2O/c1-63(2)27-29-65(5,6)51-33-40(23-25-48(51)63)71-57-39-54-53(67(9,10)31-32-68(54,11)12)38-55(57)70-61-46(37-59-60(62(61)71)43-20-16-18-22-58(43)73-59)45-35-50-44(42-19-15-17-21-47(42)69(50,13)14)36-56(45)72(70)41-24-26-49-52(34-41)66(7,8)30-28-64(49,3)4/h15-26,33-39H,27-32H2,1-14H3. The van der Waals surface area contributed by atoms with Gasteiger partial charge in [-0.05, 0) is 198 Å². The predicted molar refractivity (Wildman–Crippen MR) is 311 cm³/mol. The van der Waals surface area contributed by atoms with Crippen LogP contribution in [0.25, 0.3) is 44.2 Å². The number of hydrogen-bond donors (Lipinski definition) is 0. The highest BCUT2D eigenvalue weighted by Gasteiger charge is 2.51. The monoisotopic (exact) mass is 957 g/mol. The molecule has 3 heterocycles. The Kier molecular flexibility index (Phi) is 8.89. The highest BCUT2D eigenvalue weighted by molar-refractivity contribution is 6.94. The van der Waals surface area contributed by atoms with Crippen molar-refractivity contribution in [2.75, 3.05) is 9.71 Å². The number of benzene rings is 7. The largest absolute Gasteiger partial charge is 0.456 e. The molecule has 3 nitrogen and oxygen atoms in total. The molecule has 368 valence electrons. The summed E-state index contributed by atoms with van der Waals surface area (Å²) < 4.78 is 7.17. The Morgan fingerprint density at radius 1 is 0.397 bits per heavy atom. The number of furan rings is 1. The van der Waals surface area contributed by atoms with Crippen LogP contribution < -0.4 is 20.6 Å². The van der Waals surface area contributed by atoms with Gasteiger partial charge in [-0.15, -0.1) is 0 Å². The average Bonchev–Trinajstić information content (AvgIpc) is 3.83. The lowest BCUT2D eigenvalue weighted by Gasteiger charge is -2.49. The molecule has 4 aliphatic carbocycles. The van der Waals surface area contributed by atoms with E-state index in [1.54, 1.807) is 0 Å². The third-order valence-electron chi connectivity index (χ3n) is 20.4. The van der Waals surface area contributed by atoms with Gasteiger partial charge in [-0.1, -0.05) is 158 Å². The van der Waals surface area contributed by atoms with E-state index in [1.807, 2.05) is 0 Å². The van der Waals surface area contributed by atoms with Gasteiger partial charge in [0, 0.05) is 39.1 Å². The van der Waals surface area contributed by atoms with E-state index in [9.17, 15) is 0 Å². The van der Waals surface area contributed by atoms with Crippen LogP contribution in [0.3, 0.4) is 0 Å². The molecule has 0 atom stereocenters. The first-order chi connectivity index (χ1) is 34.4. The molecule has 0 radical (unpaired) electrons. The first-order valence-electron chi connectivity index (χ1n) is 27.8. The first-order valence-corrected chi connectivity index (χ1v) is 27.8. The molecule has 73 heavy (non-hydrogen) atoms. The lowest BCUT2D eigenvalue weighted by atomic mass is 9.42. The molecule has 0 fully saturated rings. The Morgan fingerprint density at radius 2 is 0.932 bits per heavy atom. The van der Waals surface area contributed by atoms with Crippen LogP contribution in [0.2, 0.25) is 0 Å². The maximum absolute atomic E-state index is 7.17. The molecule has 0 bridgehead atoms. The van der Waals surface area contributed by atoms with Gasteiger partial charge in [0.1, 0.15) is 11.2 Å². The van der Waals surface area contributed by atoms with Crippen LogP contribution in [0.1, 0.15) is 180 Å². The molecule has 2 aliphatic heterocycles. The predicted octanol–water partition coefficient (Wildman–Crippen LogP) is 17.6. The summed E-state index contributed by atoms with van der Waals surface area (Å²) in [7, 11) is 0. The van der Waals surface area contributed by atoms with Gasteiger partial charge in [0.15, 0.2) is 0 Å². The molecule has 0 unspecified atom stereocenters. The van der Waals surface area contributed by atoms with Gasteiger partial charge in [-0.2, -0.15) is 0 Å². The minimum atomic E-state index is -0.173. The summed E-state index contributed by atoms with van der Waals surface area (Å²) >= 11 is 0. The second kappa shape index (κ2) is 14.2. The second-order valence-corrected chi connectivity index (χ2v) is 28.1. The third-order valence-corrected chi connectivity index (χ3v) is 20.4. The smallest absolute Gasteiger partial charge is 0.333 e. The van der Waals surface area contributed by atoms with Crippen LogP contribution in [0.15, 0.2) is 120 Å². The summed E-state index contributed by atoms with van der Waals surface area (Å²) in [6.07, 6.45) is 7.00. The molecular formula is C69H73BN2O. The molecule has 0 amide bonds. The molecule has 8 aromatic rings. The maximum Gasteiger partial charge on any atom is 0.333 e. The molecule has 1 aromatic heterocycles. The lowest BCUT2D eigenvalue weighted by molar-refractivity contribution is 0.332. The summed E-state index contributed by atoms with van der Waals surface area (Å²) in [5.41, 5.74) is 28.0. The van der Waals surface area contributed by atoms with Gasteiger partial charge in [-0.25, -0.2) is 0 Å². The fourth-order valence-corrected chi connectivity index (χ4v) is 15.5. The maximum atomic E-state index is 7.17. The fourth-order valence-electron chi connectivity index (χ4n) is 15.5. The normalized spacial score (nSPS) is 21.1. The van der Waals surface area contributed by atoms with Gasteiger partial charge in [0.2, 0.25) is 0 Å².